The van der Waals surface area contributed by atoms with E-state index in [2.05, 4.69) is 69.2 Å². The zero-order valence-corrected chi connectivity index (χ0v) is 21.6. The van der Waals surface area contributed by atoms with Crippen LogP contribution in [0.3, 0.4) is 0 Å². The molecule has 1 aliphatic heterocycles. The quantitative estimate of drug-likeness (QED) is 0.260. The van der Waals surface area contributed by atoms with E-state index in [1.807, 2.05) is 25.1 Å². The number of hydrogen-bond acceptors (Lipinski definition) is 3. The first-order valence-electron chi connectivity index (χ1n) is 11.2. The fourth-order valence-corrected chi connectivity index (χ4v) is 4.02. The van der Waals surface area contributed by atoms with Crippen LogP contribution in [0, 0.1) is 0 Å². The van der Waals surface area contributed by atoms with Crippen molar-refractivity contribution in [1.29, 1.82) is 0 Å². The van der Waals surface area contributed by atoms with Crippen molar-refractivity contribution in [3.8, 4) is 0 Å². The van der Waals surface area contributed by atoms with E-state index >= 15 is 0 Å². The largest absolute Gasteiger partial charge is 0.352 e. The highest BCUT2D eigenvalue weighted by Crippen LogP contribution is 2.20. The molecule has 2 aromatic carbocycles. The Kier molecular flexibility index (Phi) is 11.0. The van der Waals surface area contributed by atoms with Crippen LogP contribution in [0.15, 0.2) is 59.6 Å². The molecular weight excluding hydrogens is 513 g/mol. The van der Waals surface area contributed by atoms with Crippen LogP contribution < -0.4 is 16.0 Å². The minimum Gasteiger partial charge on any atom is -0.352 e. The lowest BCUT2D eigenvalue weighted by atomic mass is 10.2. The Balaban J connectivity index is 0.00000363. The fourth-order valence-electron chi connectivity index (χ4n) is 4.02. The predicted octanol–water partition coefficient (Wildman–Crippen LogP) is 4.37. The molecule has 7 heteroatoms. The minimum atomic E-state index is 0. The van der Waals surface area contributed by atoms with Gasteiger partial charge in [-0.15, -0.1) is 24.0 Å². The molecule has 1 saturated heterocycles. The smallest absolute Gasteiger partial charge is 0.224 e. The Morgan fingerprint density at radius 1 is 1.12 bits per heavy atom. The van der Waals surface area contributed by atoms with E-state index in [1.54, 1.807) is 7.05 Å². The first kappa shape index (κ1) is 26.1. The molecule has 1 heterocycles. The van der Waals surface area contributed by atoms with Gasteiger partial charge in [0.05, 0.1) is 0 Å². The third-order valence-electron chi connectivity index (χ3n) is 5.64. The minimum absolute atomic E-state index is 0. The SMILES string of the molecule is CCCC(=O)Nc1cccc(CNC(=NC)NC2CC(C)N(Cc3ccccc3)C2)c1.I. The fraction of sp³-hybridized carbons (Fsp3) is 0.440. The van der Waals surface area contributed by atoms with Gasteiger partial charge in [-0.3, -0.25) is 14.7 Å². The van der Waals surface area contributed by atoms with Crippen LogP contribution in [0.4, 0.5) is 5.69 Å². The molecule has 174 valence electrons. The van der Waals surface area contributed by atoms with Crippen molar-refractivity contribution < 1.29 is 4.79 Å². The molecule has 2 aromatic rings. The van der Waals surface area contributed by atoms with Gasteiger partial charge in [-0.25, -0.2) is 0 Å². The van der Waals surface area contributed by atoms with Gasteiger partial charge in [-0.1, -0.05) is 49.4 Å². The number of aliphatic imine (C=N–C) groups is 1. The molecule has 1 aliphatic rings. The van der Waals surface area contributed by atoms with Crippen LogP contribution in [-0.2, 0) is 17.9 Å². The normalized spacial score (nSPS) is 18.7. The Bertz CT molecular complexity index is 874. The first-order chi connectivity index (χ1) is 15.1. The number of rotatable bonds is 8. The van der Waals surface area contributed by atoms with Gasteiger partial charge in [0.25, 0.3) is 0 Å². The molecule has 0 aliphatic carbocycles. The van der Waals surface area contributed by atoms with Gasteiger partial charge >= 0.3 is 0 Å². The maximum atomic E-state index is 11.8. The predicted molar refractivity (Wildman–Crippen MR) is 143 cm³/mol. The second-order valence-electron chi connectivity index (χ2n) is 8.27. The third kappa shape index (κ3) is 8.09. The highest BCUT2D eigenvalue weighted by molar-refractivity contribution is 14.0. The summed E-state index contributed by atoms with van der Waals surface area (Å²) in [6, 6.07) is 19.5. The summed E-state index contributed by atoms with van der Waals surface area (Å²) >= 11 is 0. The third-order valence-corrected chi connectivity index (χ3v) is 5.64. The molecule has 1 amide bonds. The Hall–Kier alpha value is -2.13. The Morgan fingerprint density at radius 3 is 2.59 bits per heavy atom. The van der Waals surface area contributed by atoms with Crippen molar-refractivity contribution in [3.05, 3.63) is 65.7 Å². The maximum Gasteiger partial charge on any atom is 0.224 e. The maximum absolute atomic E-state index is 11.8. The summed E-state index contributed by atoms with van der Waals surface area (Å²) in [4.78, 5) is 18.8. The second-order valence-corrected chi connectivity index (χ2v) is 8.27. The van der Waals surface area contributed by atoms with Crippen LogP contribution in [0.1, 0.15) is 44.2 Å². The summed E-state index contributed by atoms with van der Waals surface area (Å²) in [7, 11) is 1.80. The summed E-state index contributed by atoms with van der Waals surface area (Å²) in [5.74, 6) is 0.861. The van der Waals surface area contributed by atoms with Crippen molar-refractivity contribution in [2.45, 2.75) is 58.3 Å². The highest BCUT2D eigenvalue weighted by atomic mass is 127. The van der Waals surface area contributed by atoms with Crippen LogP contribution in [0.25, 0.3) is 0 Å². The van der Waals surface area contributed by atoms with Gasteiger partial charge in [0.15, 0.2) is 5.96 Å². The Morgan fingerprint density at radius 2 is 1.88 bits per heavy atom. The molecule has 3 rings (SSSR count). The summed E-state index contributed by atoms with van der Waals surface area (Å²) in [6.07, 6.45) is 2.48. The van der Waals surface area contributed by atoms with Crippen LogP contribution in [0.2, 0.25) is 0 Å². The van der Waals surface area contributed by atoms with Gasteiger partial charge < -0.3 is 16.0 Å². The summed E-state index contributed by atoms with van der Waals surface area (Å²) in [5.41, 5.74) is 3.29. The van der Waals surface area contributed by atoms with Crippen LogP contribution in [0.5, 0.6) is 0 Å². The molecule has 0 radical (unpaired) electrons. The lowest BCUT2D eigenvalue weighted by Crippen LogP contribution is -2.44. The molecule has 2 unspecified atom stereocenters. The van der Waals surface area contributed by atoms with Gasteiger partial charge in [0, 0.05) is 50.9 Å². The monoisotopic (exact) mass is 549 g/mol. The van der Waals surface area contributed by atoms with E-state index in [0.29, 0.717) is 25.0 Å². The first-order valence-corrected chi connectivity index (χ1v) is 11.2. The van der Waals surface area contributed by atoms with Crippen molar-refractivity contribution in [2.24, 2.45) is 4.99 Å². The van der Waals surface area contributed by atoms with Gasteiger partial charge in [-0.2, -0.15) is 0 Å². The zero-order valence-electron chi connectivity index (χ0n) is 19.3. The molecule has 0 bridgehead atoms. The van der Waals surface area contributed by atoms with E-state index in [9.17, 15) is 4.79 Å². The van der Waals surface area contributed by atoms with Crippen molar-refractivity contribution >= 4 is 41.5 Å². The molecule has 0 aromatic heterocycles. The number of likely N-dealkylation sites (tertiary alicyclic amines) is 1. The van der Waals surface area contributed by atoms with E-state index < -0.39 is 0 Å². The number of halogens is 1. The second kappa shape index (κ2) is 13.4. The van der Waals surface area contributed by atoms with Gasteiger partial charge in [-0.05, 0) is 43.0 Å². The summed E-state index contributed by atoms with van der Waals surface area (Å²) in [6.45, 7) is 6.91. The molecule has 3 N–H and O–H groups in total. The number of carbonyl (C=O) groups excluding carboxylic acids is 1. The molecule has 1 fully saturated rings. The Labute approximate surface area is 209 Å². The lowest BCUT2D eigenvalue weighted by molar-refractivity contribution is -0.116. The molecule has 6 nitrogen and oxygen atoms in total. The van der Waals surface area contributed by atoms with E-state index in [1.165, 1.54) is 5.56 Å². The number of anilines is 1. The molecule has 0 saturated carbocycles. The lowest BCUT2D eigenvalue weighted by Gasteiger charge is -2.21. The van der Waals surface area contributed by atoms with Crippen LogP contribution in [-0.4, -0.2) is 42.4 Å². The number of nitrogens with zero attached hydrogens (tertiary/aromatic N) is 2. The van der Waals surface area contributed by atoms with Gasteiger partial charge in [0.1, 0.15) is 0 Å². The molecule has 32 heavy (non-hydrogen) atoms. The van der Waals surface area contributed by atoms with E-state index in [0.717, 1.165) is 43.1 Å². The topological polar surface area (TPSA) is 68.8 Å². The molecule has 0 spiro atoms. The number of hydrogen-bond donors (Lipinski definition) is 3. The number of nitrogens with one attached hydrogen (secondary N) is 3. The van der Waals surface area contributed by atoms with E-state index in [-0.39, 0.29) is 29.9 Å². The molecule has 2 atom stereocenters. The highest BCUT2D eigenvalue weighted by Gasteiger charge is 2.29. The average Bonchev–Trinajstić information content (AvgIpc) is 3.11. The number of carbonyl (C=O) groups is 1. The van der Waals surface area contributed by atoms with Gasteiger partial charge in [0.2, 0.25) is 5.91 Å². The van der Waals surface area contributed by atoms with Crippen molar-refractivity contribution in [1.82, 2.24) is 15.5 Å². The average molecular weight is 550 g/mol. The van der Waals surface area contributed by atoms with Crippen molar-refractivity contribution in [3.63, 3.8) is 0 Å². The van der Waals surface area contributed by atoms with E-state index in [4.69, 9.17) is 0 Å². The summed E-state index contributed by atoms with van der Waals surface area (Å²) < 4.78 is 0. The molecular formula is C25H36IN5O. The van der Waals surface area contributed by atoms with Crippen LogP contribution >= 0.6 is 24.0 Å². The summed E-state index contributed by atoms with van der Waals surface area (Å²) in [5, 5.41) is 9.93. The number of guanidine groups is 1. The zero-order chi connectivity index (χ0) is 22.1. The standard InChI is InChI=1S/C25H35N5O.HI/c1-4-9-24(31)28-22-13-8-12-21(15-22)16-27-25(26-3)29-23-14-19(2)30(18-23)17-20-10-6-5-7-11-20;/h5-8,10-13,15,19,23H,4,9,14,16-18H2,1-3H3,(H,28,31)(H2,26,27,29);1H. The number of amides is 1. The number of benzene rings is 2. The van der Waals surface area contributed by atoms with Crippen molar-refractivity contribution in [2.75, 3.05) is 18.9 Å².